The smallest absolute Gasteiger partial charge is 0.257 e. The van der Waals surface area contributed by atoms with Gasteiger partial charge >= 0.3 is 0 Å². The third-order valence-corrected chi connectivity index (χ3v) is 5.05. The molecule has 1 aromatic carbocycles. The molecule has 4 aromatic rings. The maximum absolute atomic E-state index is 12.9. The van der Waals surface area contributed by atoms with E-state index in [1.807, 2.05) is 48.5 Å². The molecule has 30 heavy (non-hydrogen) atoms. The lowest BCUT2D eigenvalue weighted by atomic mass is 10.1. The number of benzene rings is 1. The predicted octanol–water partition coefficient (Wildman–Crippen LogP) is 3.32. The topological polar surface area (TPSA) is 85.0 Å². The Morgan fingerprint density at radius 1 is 1.00 bits per heavy atom. The summed E-state index contributed by atoms with van der Waals surface area (Å²) in [5.74, 6) is 1.94. The van der Waals surface area contributed by atoms with E-state index in [2.05, 4.69) is 19.9 Å². The van der Waals surface area contributed by atoms with E-state index >= 15 is 0 Å². The molecule has 1 aliphatic heterocycles. The molecule has 0 N–H and O–H groups in total. The normalized spacial score (nSPS) is 13.1. The molecule has 0 saturated heterocycles. The first-order chi connectivity index (χ1) is 14.8. The van der Waals surface area contributed by atoms with Gasteiger partial charge in [0.1, 0.15) is 17.1 Å². The fourth-order valence-corrected chi connectivity index (χ4v) is 3.52. The van der Waals surface area contributed by atoms with Gasteiger partial charge in [-0.2, -0.15) is 0 Å². The molecule has 1 amide bonds. The molecule has 0 saturated carbocycles. The van der Waals surface area contributed by atoms with E-state index in [0.717, 1.165) is 17.0 Å². The molecule has 7 nitrogen and oxygen atoms in total. The van der Waals surface area contributed by atoms with Crippen LogP contribution in [0, 0.1) is 0 Å². The van der Waals surface area contributed by atoms with Crippen molar-refractivity contribution in [3.8, 4) is 11.5 Å². The van der Waals surface area contributed by atoms with Crippen LogP contribution in [0.4, 0.5) is 0 Å². The van der Waals surface area contributed by atoms with Gasteiger partial charge in [0.05, 0.1) is 12.1 Å². The number of pyridine rings is 1. The maximum Gasteiger partial charge on any atom is 0.257 e. The van der Waals surface area contributed by atoms with Gasteiger partial charge in [-0.1, -0.05) is 36.4 Å². The van der Waals surface area contributed by atoms with E-state index in [9.17, 15) is 4.79 Å². The Hall–Kier alpha value is -3.87. The SMILES string of the molecule is O=C(c1cnc(-c2ccccn2)nc1)N1CCc2oc(Cc3ccccc3)nc2C1. The van der Waals surface area contributed by atoms with Crippen LogP contribution >= 0.6 is 0 Å². The van der Waals surface area contributed by atoms with Gasteiger partial charge in [-0.25, -0.2) is 15.0 Å². The lowest BCUT2D eigenvalue weighted by Gasteiger charge is -2.25. The zero-order chi connectivity index (χ0) is 20.3. The second-order valence-corrected chi connectivity index (χ2v) is 7.13. The predicted molar refractivity (Wildman–Crippen MR) is 109 cm³/mol. The van der Waals surface area contributed by atoms with E-state index in [0.29, 0.717) is 48.9 Å². The molecule has 0 radical (unpaired) electrons. The highest BCUT2D eigenvalue weighted by Gasteiger charge is 2.26. The monoisotopic (exact) mass is 397 g/mol. The van der Waals surface area contributed by atoms with E-state index < -0.39 is 0 Å². The van der Waals surface area contributed by atoms with Crippen molar-refractivity contribution >= 4 is 5.91 Å². The first-order valence-corrected chi connectivity index (χ1v) is 9.80. The minimum atomic E-state index is -0.110. The van der Waals surface area contributed by atoms with Gasteiger partial charge in [-0.3, -0.25) is 9.78 Å². The highest BCUT2D eigenvalue weighted by Crippen LogP contribution is 2.23. The first-order valence-electron chi connectivity index (χ1n) is 9.80. The van der Waals surface area contributed by atoms with Crippen molar-refractivity contribution in [3.63, 3.8) is 0 Å². The summed E-state index contributed by atoms with van der Waals surface area (Å²) < 4.78 is 5.93. The summed E-state index contributed by atoms with van der Waals surface area (Å²) in [5.41, 5.74) is 3.10. The van der Waals surface area contributed by atoms with Gasteiger partial charge in [-0.05, 0) is 17.7 Å². The zero-order valence-electron chi connectivity index (χ0n) is 16.2. The van der Waals surface area contributed by atoms with Crippen LogP contribution in [0.15, 0.2) is 71.5 Å². The molecule has 7 heteroatoms. The molecule has 0 spiro atoms. The van der Waals surface area contributed by atoms with Crippen molar-refractivity contribution < 1.29 is 9.21 Å². The van der Waals surface area contributed by atoms with Crippen molar-refractivity contribution in [1.82, 2.24) is 24.8 Å². The van der Waals surface area contributed by atoms with Gasteiger partial charge in [-0.15, -0.1) is 0 Å². The summed E-state index contributed by atoms with van der Waals surface area (Å²) >= 11 is 0. The number of carbonyl (C=O) groups is 1. The minimum Gasteiger partial charge on any atom is -0.445 e. The summed E-state index contributed by atoms with van der Waals surface area (Å²) in [6.45, 7) is 1.00. The van der Waals surface area contributed by atoms with E-state index in [1.165, 1.54) is 0 Å². The fraction of sp³-hybridized carbons (Fsp3) is 0.174. The molecule has 0 atom stereocenters. The van der Waals surface area contributed by atoms with Crippen molar-refractivity contribution in [2.24, 2.45) is 0 Å². The number of hydrogen-bond acceptors (Lipinski definition) is 6. The summed E-state index contributed by atoms with van der Waals surface area (Å²) in [6.07, 6.45) is 6.09. The average Bonchev–Trinajstić information content (AvgIpc) is 3.21. The number of nitrogens with zero attached hydrogens (tertiary/aromatic N) is 5. The molecular weight excluding hydrogens is 378 g/mol. The first kappa shape index (κ1) is 18.2. The molecule has 0 fully saturated rings. The molecule has 0 aliphatic carbocycles. The van der Waals surface area contributed by atoms with Gasteiger partial charge in [0, 0.05) is 38.0 Å². The van der Waals surface area contributed by atoms with Crippen LogP contribution < -0.4 is 0 Å². The lowest BCUT2D eigenvalue weighted by molar-refractivity contribution is 0.0727. The van der Waals surface area contributed by atoms with Crippen molar-refractivity contribution in [3.05, 3.63) is 95.6 Å². The quantitative estimate of drug-likeness (QED) is 0.525. The highest BCUT2D eigenvalue weighted by atomic mass is 16.4. The molecular formula is C23H19N5O2. The summed E-state index contributed by atoms with van der Waals surface area (Å²) in [6, 6.07) is 15.6. The van der Waals surface area contributed by atoms with Crippen LogP contribution in [0.5, 0.6) is 0 Å². The number of oxazole rings is 1. The zero-order valence-corrected chi connectivity index (χ0v) is 16.2. The van der Waals surface area contributed by atoms with Crippen LogP contribution in [0.2, 0.25) is 0 Å². The highest BCUT2D eigenvalue weighted by molar-refractivity contribution is 5.93. The van der Waals surface area contributed by atoms with Crippen molar-refractivity contribution in [1.29, 1.82) is 0 Å². The summed E-state index contributed by atoms with van der Waals surface area (Å²) in [5, 5.41) is 0. The van der Waals surface area contributed by atoms with Gasteiger partial charge in [0.2, 0.25) is 0 Å². The van der Waals surface area contributed by atoms with Crippen LogP contribution in [-0.2, 0) is 19.4 Å². The molecule has 0 bridgehead atoms. The molecule has 148 valence electrons. The standard InChI is InChI=1S/C23H19N5O2/c29-23(17-13-25-22(26-14-17)18-8-4-5-10-24-18)28-11-9-20-19(15-28)27-21(30-20)12-16-6-2-1-3-7-16/h1-8,10,13-14H,9,11-12,15H2. The number of amides is 1. The van der Waals surface area contributed by atoms with E-state index in [-0.39, 0.29) is 5.91 Å². The van der Waals surface area contributed by atoms with Gasteiger partial charge < -0.3 is 9.32 Å². The number of hydrogen-bond donors (Lipinski definition) is 0. The Balaban J connectivity index is 1.29. The molecule has 4 heterocycles. The number of carbonyl (C=O) groups excluding carboxylic acids is 1. The van der Waals surface area contributed by atoms with Crippen molar-refractivity contribution in [2.75, 3.05) is 6.54 Å². The Labute approximate surface area is 173 Å². The molecule has 3 aromatic heterocycles. The Morgan fingerprint density at radius 3 is 2.57 bits per heavy atom. The number of fused-ring (bicyclic) bond motifs is 1. The minimum absolute atomic E-state index is 0.110. The van der Waals surface area contributed by atoms with Crippen LogP contribution in [-0.4, -0.2) is 37.3 Å². The van der Waals surface area contributed by atoms with Crippen LogP contribution in [0.3, 0.4) is 0 Å². The van der Waals surface area contributed by atoms with Crippen LogP contribution in [0.1, 0.15) is 33.3 Å². The van der Waals surface area contributed by atoms with Crippen LogP contribution in [0.25, 0.3) is 11.5 Å². The lowest BCUT2D eigenvalue weighted by Crippen LogP contribution is -2.36. The maximum atomic E-state index is 12.9. The Morgan fingerprint density at radius 2 is 1.80 bits per heavy atom. The Bertz CT molecular complexity index is 1160. The molecule has 1 aliphatic rings. The average molecular weight is 397 g/mol. The van der Waals surface area contributed by atoms with Gasteiger partial charge in [0.25, 0.3) is 5.91 Å². The third kappa shape index (κ3) is 3.69. The number of rotatable bonds is 4. The Kier molecular flexibility index (Phi) is 4.77. The second-order valence-electron chi connectivity index (χ2n) is 7.13. The second kappa shape index (κ2) is 7.87. The molecule has 0 unspecified atom stereocenters. The summed E-state index contributed by atoms with van der Waals surface area (Å²) in [7, 11) is 0. The van der Waals surface area contributed by atoms with E-state index in [4.69, 9.17) is 4.42 Å². The fourth-order valence-electron chi connectivity index (χ4n) is 3.52. The third-order valence-electron chi connectivity index (χ3n) is 5.05. The van der Waals surface area contributed by atoms with Gasteiger partial charge in [0.15, 0.2) is 11.7 Å². The van der Waals surface area contributed by atoms with E-state index in [1.54, 1.807) is 23.5 Å². The largest absolute Gasteiger partial charge is 0.445 e. The summed E-state index contributed by atoms with van der Waals surface area (Å²) in [4.78, 5) is 32.2. The number of aromatic nitrogens is 4. The van der Waals surface area contributed by atoms with Crippen molar-refractivity contribution in [2.45, 2.75) is 19.4 Å². The molecule has 5 rings (SSSR count).